The first-order valence-corrected chi connectivity index (χ1v) is 10.9. The van der Waals surface area contributed by atoms with Crippen LogP contribution in [0.25, 0.3) is 0 Å². The first kappa shape index (κ1) is 22.1. The van der Waals surface area contributed by atoms with Crippen LogP contribution in [0.4, 0.5) is 28.8 Å². The summed E-state index contributed by atoms with van der Waals surface area (Å²) in [5.74, 6) is 0.763. The molecular formula is C22H22F3N5OS. The van der Waals surface area contributed by atoms with Crippen LogP contribution in [-0.2, 0) is 12.6 Å². The molecule has 2 aromatic carbocycles. The number of carbonyl (C=O) groups is 1. The predicted octanol–water partition coefficient (Wildman–Crippen LogP) is 4.81. The van der Waals surface area contributed by atoms with Crippen molar-refractivity contribution in [2.75, 3.05) is 36.4 Å². The summed E-state index contributed by atoms with van der Waals surface area (Å²) in [4.78, 5) is 20.8. The maximum absolute atomic E-state index is 12.9. The van der Waals surface area contributed by atoms with Gasteiger partial charge in [-0.2, -0.15) is 17.5 Å². The van der Waals surface area contributed by atoms with Crippen molar-refractivity contribution < 1.29 is 18.0 Å². The molecule has 32 heavy (non-hydrogen) atoms. The zero-order valence-electron chi connectivity index (χ0n) is 17.4. The van der Waals surface area contributed by atoms with Gasteiger partial charge < -0.3 is 15.1 Å². The molecule has 0 unspecified atom stereocenters. The van der Waals surface area contributed by atoms with Gasteiger partial charge in [0.15, 0.2) is 0 Å². The first-order chi connectivity index (χ1) is 15.3. The molecule has 10 heteroatoms. The Morgan fingerprint density at radius 1 is 1.09 bits per heavy atom. The van der Waals surface area contributed by atoms with Gasteiger partial charge in [-0.05, 0) is 30.7 Å². The van der Waals surface area contributed by atoms with Crippen molar-refractivity contribution in [2.45, 2.75) is 19.5 Å². The standard InChI is InChI=1S/C22H22F3N5OS/c1-15-5-7-16(8-6-15)13-19-27-21(32-28-19)30-11-9-29(10-12-30)20(31)26-18-4-2-3-17(14-18)22(23,24)25/h2-8,14H,9-13H2,1H3,(H,26,31). The van der Waals surface area contributed by atoms with Gasteiger partial charge in [-0.25, -0.2) is 9.78 Å². The molecule has 1 aliphatic heterocycles. The third-order valence-electron chi connectivity index (χ3n) is 5.22. The average Bonchev–Trinajstić information content (AvgIpc) is 3.23. The first-order valence-electron chi connectivity index (χ1n) is 10.1. The summed E-state index contributed by atoms with van der Waals surface area (Å²) in [6, 6.07) is 12.5. The van der Waals surface area contributed by atoms with E-state index in [1.807, 2.05) is 6.92 Å². The van der Waals surface area contributed by atoms with Gasteiger partial charge in [0, 0.05) is 49.8 Å². The predicted molar refractivity (Wildman–Crippen MR) is 118 cm³/mol. The molecule has 2 amide bonds. The molecule has 0 aliphatic carbocycles. The Labute approximate surface area is 187 Å². The lowest BCUT2D eigenvalue weighted by molar-refractivity contribution is -0.137. The number of piperazine rings is 1. The lowest BCUT2D eigenvalue weighted by atomic mass is 10.1. The lowest BCUT2D eigenvalue weighted by Gasteiger charge is -2.34. The maximum Gasteiger partial charge on any atom is 0.416 e. The number of alkyl halides is 3. The second kappa shape index (κ2) is 9.15. The molecule has 2 heterocycles. The van der Waals surface area contributed by atoms with Crippen LogP contribution in [0.3, 0.4) is 0 Å². The van der Waals surface area contributed by atoms with Crippen LogP contribution in [0.5, 0.6) is 0 Å². The molecule has 0 saturated carbocycles. The number of rotatable bonds is 4. The molecule has 1 saturated heterocycles. The normalized spacial score (nSPS) is 14.5. The van der Waals surface area contributed by atoms with E-state index in [9.17, 15) is 18.0 Å². The Bertz CT molecular complexity index is 1080. The van der Waals surface area contributed by atoms with E-state index >= 15 is 0 Å². The van der Waals surface area contributed by atoms with Gasteiger partial charge in [-0.1, -0.05) is 35.9 Å². The van der Waals surface area contributed by atoms with Gasteiger partial charge in [0.2, 0.25) is 5.13 Å². The zero-order chi connectivity index (χ0) is 22.7. The van der Waals surface area contributed by atoms with Crippen LogP contribution < -0.4 is 10.2 Å². The van der Waals surface area contributed by atoms with E-state index in [0.29, 0.717) is 32.6 Å². The Balaban J connectivity index is 1.31. The Morgan fingerprint density at radius 3 is 2.50 bits per heavy atom. The summed E-state index contributed by atoms with van der Waals surface area (Å²) in [5.41, 5.74) is 1.68. The highest BCUT2D eigenvalue weighted by atomic mass is 32.1. The Morgan fingerprint density at radius 2 is 1.81 bits per heavy atom. The topological polar surface area (TPSA) is 61.4 Å². The highest BCUT2D eigenvalue weighted by Crippen LogP contribution is 2.30. The van der Waals surface area contributed by atoms with Crippen molar-refractivity contribution in [2.24, 2.45) is 0 Å². The van der Waals surface area contributed by atoms with Crippen molar-refractivity contribution in [1.82, 2.24) is 14.3 Å². The number of amides is 2. The van der Waals surface area contributed by atoms with E-state index in [-0.39, 0.29) is 5.69 Å². The van der Waals surface area contributed by atoms with Crippen molar-refractivity contribution in [3.05, 3.63) is 71.0 Å². The second-order valence-electron chi connectivity index (χ2n) is 7.64. The van der Waals surface area contributed by atoms with Gasteiger partial charge in [0.05, 0.1) is 5.56 Å². The molecule has 0 bridgehead atoms. The summed E-state index contributed by atoms with van der Waals surface area (Å²) in [7, 11) is 0. The molecule has 0 radical (unpaired) electrons. The molecule has 0 spiro atoms. The fourth-order valence-corrected chi connectivity index (χ4v) is 4.15. The number of benzene rings is 2. The van der Waals surface area contributed by atoms with Crippen LogP contribution in [0.1, 0.15) is 22.5 Å². The highest BCUT2D eigenvalue weighted by molar-refractivity contribution is 7.09. The molecule has 168 valence electrons. The number of nitrogens with one attached hydrogen (secondary N) is 1. The molecule has 1 aliphatic rings. The SMILES string of the molecule is Cc1ccc(Cc2nsc(N3CCN(C(=O)Nc4cccc(C(F)(F)F)c4)CC3)n2)cc1. The number of aryl methyl sites for hydroxylation is 1. The number of hydrogen-bond donors (Lipinski definition) is 1. The zero-order valence-corrected chi connectivity index (χ0v) is 18.2. The summed E-state index contributed by atoms with van der Waals surface area (Å²) in [6.07, 6.45) is -3.79. The van der Waals surface area contributed by atoms with E-state index in [1.165, 1.54) is 29.2 Å². The molecule has 1 aromatic heterocycles. The maximum atomic E-state index is 12.9. The van der Waals surface area contributed by atoms with E-state index in [2.05, 4.69) is 43.8 Å². The molecule has 1 fully saturated rings. The summed E-state index contributed by atoms with van der Waals surface area (Å²) in [6.45, 7) is 4.09. The molecule has 0 atom stereocenters. The van der Waals surface area contributed by atoms with Crippen LogP contribution in [0, 0.1) is 6.92 Å². The summed E-state index contributed by atoms with van der Waals surface area (Å²) in [5, 5.41) is 3.37. The third kappa shape index (κ3) is 5.37. The minimum absolute atomic E-state index is 0.122. The van der Waals surface area contributed by atoms with E-state index in [4.69, 9.17) is 0 Å². The molecular weight excluding hydrogens is 439 g/mol. The lowest BCUT2D eigenvalue weighted by Crippen LogP contribution is -2.50. The average molecular weight is 462 g/mol. The number of carbonyl (C=O) groups excluding carboxylic acids is 1. The third-order valence-corrected chi connectivity index (χ3v) is 6.03. The monoisotopic (exact) mass is 461 g/mol. The minimum Gasteiger partial charge on any atom is -0.343 e. The Hall–Kier alpha value is -3.14. The number of aromatic nitrogens is 2. The number of urea groups is 1. The number of nitrogens with zero attached hydrogens (tertiary/aromatic N) is 4. The quantitative estimate of drug-likeness (QED) is 0.606. The highest BCUT2D eigenvalue weighted by Gasteiger charge is 2.31. The summed E-state index contributed by atoms with van der Waals surface area (Å²) >= 11 is 1.33. The minimum atomic E-state index is -4.45. The molecule has 4 rings (SSSR count). The van der Waals surface area contributed by atoms with Crippen molar-refractivity contribution >= 4 is 28.4 Å². The molecule has 6 nitrogen and oxygen atoms in total. The fraction of sp³-hybridized carbons (Fsp3) is 0.318. The van der Waals surface area contributed by atoms with Crippen LogP contribution in [0.2, 0.25) is 0 Å². The fourth-order valence-electron chi connectivity index (χ4n) is 3.41. The van der Waals surface area contributed by atoms with Crippen molar-refractivity contribution in [3.63, 3.8) is 0 Å². The van der Waals surface area contributed by atoms with Gasteiger partial charge in [-0.15, -0.1) is 0 Å². The van der Waals surface area contributed by atoms with Gasteiger partial charge in [0.25, 0.3) is 0 Å². The summed E-state index contributed by atoms with van der Waals surface area (Å²) < 4.78 is 43.0. The second-order valence-corrected chi connectivity index (χ2v) is 8.37. The number of halogens is 3. The van der Waals surface area contributed by atoms with Crippen LogP contribution >= 0.6 is 11.5 Å². The van der Waals surface area contributed by atoms with Crippen LogP contribution in [0.15, 0.2) is 48.5 Å². The van der Waals surface area contributed by atoms with Gasteiger partial charge in [0.1, 0.15) is 5.82 Å². The van der Waals surface area contributed by atoms with Crippen molar-refractivity contribution in [3.8, 4) is 0 Å². The largest absolute Gasteiger partial charge is 0.416 e. The number of hydrogen-bond acceptors (Lipinski definition) is 5. The Kier molecular flexibility index (Phi) is 6.31. The van der Waals surface area contributed by atoms with E-state index in [0.717, 1.165) is 28.7 Å². The molecule has 3 aromatic rings. The smallest absolute Gasteiger partial charge is 0.343 e. The van der Waals surface area contributed by atoms with E-state index < -0.39 is 17.8 Å². The van der Waals surface area contributed by atoms with Gasteiger partial charge in [-0.3, -0.25) is 0 Å². The molecule has 1 N–H and O–H groups in total. The van der Waals surface area contributed by atoms with Crippen molar-refractivity contribution in [1.29, 1.82) is 0 Å². The number of anilines is 2. The van der Waals surface area contributed by atoms with E-state index in [1.54, 1.807) is 4.90 Å². The van der Waals surface area contributed by atoms with Gasteiger partial charge >= 0.3 is 12.2 Å². The van der Waals surface area contributed by atoms with Crippen LogP contribution in [-0.4, -0.2) is 46.5 Å².